The highest BCUT2D eigenvalue weighted by Gasteiger charge is 2.08. The highest BCUT2D eigenvalue weighted by Crippen LogP contribution is 2.22. The van der Waals surface area contributed by atoms with Gasteiger partial charge in [-0.2, -0.15) is 0 Å². The summed E-state index contributed by atoms with van der Waals surface area (Å²) in [5.41, 5.74) is 4.80. The van der Waals surface area contributed by atoms with Gasteiger partial charge in [0.1, 0.15) is 5.75 Å². The quantitative estimate of drug-likeness (QED) is 0.586. The van der Waals surface area contributed by atoms with Crippen LogP contribution in [0.3, 0.4) is 0 Å². The van der Waals surface area contributed by atoms with Gasteiger partial charge in [-0.25, -0.2) is 10.2 Å². The van der Waals surface area contributed by atoms with Crippen molar-refractivity contribution in [2.75, 3.05) is 12.4 Å². The Morgan fingerprint density at radius 3 is 2.52 bits per heavy atom. The molecule has 4 N–H and O–H groups in total. The minimum atomic E-state index is -0.968. The van der Waals surface area contributed by atoms with Crippen molar-refractivity contribution in [2.24, 2.45) is 0 Å². The van der Waals surface area contributed by atoms with Gasteiger partial charge in [-0.3, -0.25) is 15.0 Å². The molecule has 3 amide bonds. The van der Waals surface area contributed by atoms with Crippen molar-refractivity contribution >= 4 is 23.6 Å². The van der Waals surface area contributed by atoms with Crippen LogP contribution in [0.2, 0.25) is 0 Å². The van der Waals surface area contributed by atoms with Crippen LogP contribution in [0.25, 0.3) is 0 Å². The second-order valence-corrected chi connectivity index (χ2v) is 4.07. The Bertz CT molecular complexity index is 518. The second kappa shape index (κ2) is 8.41. The maximum atomic E-state index is 11.6. The highest BCUT2D eigenvalue weighted by molar-refractivity contribution is 5.92. The molecule has 1 rings (SSSR count). The minimum Gasteiger partial charge on any atom is -0.495 e. The summed E-state index contributed by atoms with van der Waals surface area (Å²) in [7, 11) is 1.47. The van der Waals surface area contributed by atoms with Crippen LogP contribution in [-0.2, 0) is 9.59 Å². The molecule has 1 aromatic carbocycles. The number of urea groups is 1. The first kappa shape index (κ1) is 16.3. The van der Waals surface area contributed by atoms with Crippen molar-refractivity contribution in [1.29, 1.82) is 0 Å². The number of aliphatic carboxylic acids is 1. The number of hydrazine groups is 1. The standard InChI is InChI=1S/C13H17N3O5/c1-21-10-6-3-2-5-9(10)14-13(20)16-15-11(17)7-4-8-12(18)19/h2-3,5-6H,4,7-8H2,1H3,(H,15,17)(H,18,19)(H2,14,16,20). The van der Waals surface area contributed by atoms with E-state index in [2.05, 4.69) is 16.2 Å². The molecule has 0 bridgehead atoms. The van der Waals surface area contributed by atoms with Crippen LogP contribution in [0.4, 0.5) is 10.5 Å². The van der Waals surface area contributed by atoms with E-state index < -0.39 is 17.9 Å². The van der Waals surface area contributed by atoms with Crippen LogP contribution in [0.15, 0.2) is 24.3 Å². The van der Waals surface area contributed by atoms with Crippen LogP contribution in [0, 0.1) is 0 Å². The van der Waals surface area contributed by atoms with E-state index in [0.29, 0.717) is 11.4 Å². The maximum Gasteiger partial charge on any atom is 0.338 e. The predicted octanol–water partition coefficient (Wildman–Crippen LogP) is 1.10. The van der Waals surface area contributed by atoms with Gasteiger partial charge in [0, 0.05) is 12.8 Å². The van der Waals surface area contributed by atoms with Gasteiger partial charge >= 0.3 is 12.0 Å². The van der Waals surface area contributed by atoms with Crippen LogP contribution in [-0.4, -0.2) is 30.1 Å². The molecule has 0 spiro atoms. The molecule has 0 heterocycles. The lowest BCUT2D eigenvalue weighted by Gasteiger charge is -2.11. The fourth-order valence-corrected chi connectivity index (χ4v) is 1.49. The van der Waals surface area contributed by atoms with E-state index in [-0.39, 0.29) is 19.3 Å². The number of carbonyl (C=O) groups is 3. The van der Waals surface area contributed by atoms with E-state index in [1.165, 1.54) is 7.11 Å². The highest BCUT2D eigenvalue weighted by atomic mass is 16.5. The third kappa shape index (κ3) is 6.28. The molecule has 0 saturated heterocycles. The summed E-state index contributed by atoms with van der Waals surface area (Å²) in [5.74, 6) is -0.948. The van der Waals surface area contributed by atoms with Crippen LogP contribution in [0.5, 0.6) is 5.75 Å². The van der Waals surface area contributed by atoms with Crippen LogP contribution >= 0.6 is 0 Å². The third-order valence-electron chi connectivity index (χ3n) is 2.47. The fourth-order valence-electron chi connectivity index (χ4n) is 1.49. The Balaban J connectivity index is 2.34. The zero-order chi connectivity index (χ0) is 15.7. The van der Waals surface area contributed by atoms with Gasteiger partial charge < -0.3 is 15.2 Å². The number of anilines is 1. The van der Waals surface area contributed by atoms with E-state index in [9.17, 15) is 14.4 Å². The number of carboxylic acids is 1. The molecule has 0 saturated carbocycles. The van der Waals surface area contributed by atoms with Gasteiger partial charge in [0.25, 0.3) is 0 Å². The van der Waals surface area contributed by atoms with Crippen molar-refractivity contribution in [3.05, 3.63) is 24.3 Å². The summed E-state index contributed by atoms with van der Waals surface area (Å²) < 4.78 is 5.06. The number of hydrogen-bond donors (Lipinski definition) is 4. The van der Waals surface area contributed by atoms with Crippen molar-refractivity contribution in [3.8, 4) is 5.75 Å². The first-order valence-corrected chi connectivity index (χ1v) is 6.23. The minimum absolute atomic E-state index is 0.0151. The molecule has 0 aliphatic heterocycles. The number of methoxy groups -OCH3 is 1. The molecule has 0 fully saturated rings. The Labute approximate surface area is 121 Å². The molecule has 0 aromatic heterocycles. The van der Waals surface area contributed by atoms with Crippen molar-refractivity contribution in [3.63, 3.8) is 0 Å². The molecule has 8 nitrogen and oxygen atoms in total. The van der Waals surface area contributed by atoms with Crippen molar-refractivity contribution in [1.82, 2.24) is 10.9 Å². The Hall–Kier alpha value is -2.77. The molecule has 21 heavy (non-hydrogen) atoms. The van der Waals surface area contributed by atoms with E-state index >= 15 is 0 Å². The normalized spacial score (nSPS) is 9.57. The van der Waals surface area contributed by atoms with Crippen molar-refractivity contribution < 1.29 is 24.2 Å². The summed E-state index contributed by atoms with van der Waals surface area (Å²) in [6.07, 6.45) is 0.124. The summed E-state index contributed by atoms with van der Waals surface area (Å²) in [5, 5.41) is 10.9. The number of para-hydroxylation sites is 2. The van der Waals surface area contributed by atoms with E-state index in [4.69, 9.17) is 9.84 Å². The van der Waals surface area contributed by atoms with Crippen LogP contribution in [0.1, 0.15) is 19.3 Å². The van der Waals surface area contributed by atoms with E-state index in [1.54, 1.807) is 24.3 Å². The number of amides is 3. The molecular weight excluding hydrogens is 278 g/mol. The van der Waals surface area contributed by atoms with Gasteiger partial charge in [0.05, 0.1) is 12.8 Å². The monoisotopic (exact) mass is 295 g/mol. The second-order valence-electron chi connectivity index (χ2n) is 4.07. The molecule has 8 heteroatoms. The third-order valence-corrected chi connectivity index (χ3v) is 2.47. The largest absolute Gasteiger partial charge is 0.495 e. The Kier molecular flexibility index (Phi) is 6.52. The predicted molar refractivity (Wildman–Crippen MR) is 74.8 cm³/mol. The lowest BCUT2D eigenvalue weighted by molar-refractivity contribution is -0.137. The number of ether oxygens (including phenoxy) is 1. The van der Waals surface area contributed by atoms with Gasteiger partial charge in [-0.1, -0.05) is 12.1 Å². The molecule has 114 valence electrons. The summed E-state index contributed by atoms with van der Waals surface area (Å²) in [6.45, 7) is 0. The Morgan fingerprint density at radius 2 is 1.86 bits per heavy atom. The molecule has 0 aliphatic carbocycles. The van der Waals surface area contributed by atoms with Gasteiger partial charge in [-0.05, 0) is 18.6 Å². The molecular formula is C13H17N3O5. The molecule has 0 aliphatic rings. The van der Waals surface area contributed by atoms with E-state index in [1.807, 2.05) is 0 Å². The molecule has 0 atom stereocenters. The fraction of sp³-hybridized carbons (Fsp3) is 0.308. The summed E-state index contributed by atoms with van der Waals surface area (Å²) >= 11 is 0. The number of rotatable bonds is 6. The smallest absolute Gasteiger partial charge is 0.338 e. The van der Waals surface area contributed by atoms with E-state index in [0.717, 1.165) is 0 Å². The zero-order valence-electron chi connectivity index (χ0n) is 11.5. The van der Waals surface area contributed by atoms with Gasteiger partial charge in [-0.15, -0.1) is 0 Å². The number of carboxylic acid groups (broad SMARTS) is 1. The molecule has 0 radical (unpaired) electrons. The number of carbonyl (C=O) groups excluding carboxylic acids is 2. The average molecular weight is 295 g/mol. The van der Waals surface area contributed by atoms with Crippen molar-refractivity contribution in [2.45, 2.75) is 19.3 Å². The topological polar surface area (TPSA) is 117 Å². The first-order valence-electron chi connectivity index (χ1n) is 6.23. The van der Waals surface area contributed by atoms with Gasteiger partial charge in [0.15, 0.2) is 0 Å². The first-order chi connectivity index (χ1) is 10.0. The zero-order valence-corrected chi connectivity index (χ0v) is 11.5. The lowest BCUT2D eigenvalue weighted by atomic mass is 10.2. The van der Waals surface area contributed by atoms with Gasteiger partial charge in [0.2, 0.25) is 5.91 Å². The number of hydrogen-bond acceptors (Lipinski definition) is 4. The van der Waals surface area contributed by atoms with Crippen LogP contribution < -0.4 is 20.9 Å². The average Bonchev–Trinajstić information content (AvgIpc) is 2.45. The molecule has 0 unspecified atom stereocenters. The summed E-state index contributed by atoms with van der Waals surface area (Å²) in [6, 6.07) is 6.17. The SMILES string of the molecule is COc1ccccc1NC(=O)NNC(=O)CCCC(=O)O. The summed E-state index contributed by atoms with van der Waals surface area (Å²) in [4.78, 5) is 33.2. The Morgan fingerprint density at radius 1 is 1.14 bits per heavy atom. The number of nitrogens with one attached hydrogen (secondary N) is 3. The number of benzene rings is 1. The molecule has 1 aromatic rings. The lowest BCUT2D eigenvalue weighted by Crippen LogP contribution is -2.43. The maximum absolute atomic E-state index is 11.6.